The number of fused-ring (bicyclic) bond motifs is 2. The van der Waals surface area contributed by atoms with Gasteiger partial charge < -0.3 is 24.3 Å². The van der Waals surface area contributed by atoms with Gasteiger partial charge in [0.15, 0.2) is 28.5 Å². The highest BCUT2D eigenvalue weighted by Crippen LogP contribution is 2.33. The van der Waals surface area contributed by atoms with Crippen molar-refractivity contribution < 1.29 is 17.9 Å². The quantitative estimate of drug-likeness (QED) is 0.228. The van der Waals surface area contributed by atoms with Crippen molar-refractivity contribution in [1.82, 2.24) is 23.8 Å². The van der Waals surface area contributed by atoms with Crippen molar-refractivity contribution in [2.75, 3.05) is 44.2 Å². The minimum absolute atomic E-state index is 0.217. The molecule has 1 aliphatic heterocycles. The van der Waals surface area contributed by atoms with E-state index in [-0.39, 0.29) is 18.2 Å². The standard InChI is InChI=1S/C32H35N7O4S/c1-22-8-11-26(12-9-22)44(40,41)38(4)15-14-37(3)32-35-30(33-18-24-10-13-27-28(17-24)43-21-42-27)29-31(36-32)39(20-34-29)19-25-7-5-6-23(2)16-25/h5-13,16-17,20H,14-15,18-19,21H2,1-4H3,(H,33,35,36). The highest BCUT2D eigenvalue weighted by atomic mass is 32.2. The number of benzene rings is 3. The van der Waals surface area contributed by atoms with Crippen molar-refractivity contribution in [1.29, 1.82) is 0 Å². The molecule has 0 aliphatic carbocycles. The van der Waals surface area contributed by atoms with Crippen LogP contribution in [0.5, 0.6) is 11.5 Å². The average Bonchev–Trinajstić information content (AvgIpc) is 3.65. The number of aryl methyl sites for hydroxylation is 2. The number of anilines is 2. The summed E-state index contributed by atoms with van der Waals surface area (Å²) in [5.74, 6) is 2.48. The van der Waals surface area contributed by atoms with Crippen molar-refractivity contribution in [3.05, 3.63) is 95.3 Å². The molecule has 228 valence electrons. The summed E-state index contributed by atoms with van der Waals surface area (Å²) in [5.41, 5.74) is 5.64. The molecule has 0 fully saturated rings. The van der Waals surface area contributed by atoms with Gasteiger partial charge in [0, 0.05) is 33.7 Å². The number of hydrogen-bond acceptors (Lipinski definition) is 9. The Morgan fingerprint density at radius 2 is 1.68 bits per heavy atom. The number of nitrogens with one attached hydrogen (secondary N) is 1. The lowest BCUT2D eigenvalue weighted by Gasteiger charge is -2.23. The van der Waals surface area contributed by atoms with Crippen LogP contribution >= 0.6 is 0 Å². The number of ether oxygens (including phenoxy) is 2. The Bertz CT molecular complexity index is 1910. The molecule has 3 heterocycles. The van der Waals surface area contributed by atoms with Gasteiger partial charge in [-0.05, 0) is 49.2 Å². The van der Waals surface area contributed by atoms with Gasteiger partial charge in [0.2, 0.25) is 22.8 Å². The molecular formula is C32H35N7O4S. The van der Waals surface area contributed by atoms with Crippen molar-refractivity contribution in [2.24, 2.45) is 0 Å². The normalized spacial score (nSPS) is 12.7. The van der Waals surface area contributed by atoms with E-state index in [4.69, 9.17) is 19.4 Å². The number of rotatable bonds is 11. The van der Waals surface area contributed by atoms with E-state index in [0.29, 0.717) is 48.3 Å². The molecule has 0 saturated heterocycles. The highest BCUT2D eigenvalue weighted by Gasteiger charge is 2.22. The Labute approximate surface area is 257 Å². The molecule has 12 heteroatoms. The molecule has 0 amide bonds. The van der Waals surface area contributed by atoms with Crippen LogP contribution in [0.25, 0.3) is 11.2 Å². The topological polar surface area (TPSA) is 115 Å². The second kappa shape index (κ2) is 12.1. The van der Waals surface area contributed by atoms with Gasteiger partial charge in [-0.1, -0.05) is 53.6 Å². The third-order valence-corrected chi connectivity index (χ3v) is 9.48. The van der Waals surface area contributed by atoms with Gasteiger partial charge in [-0.15, -0.1) is 0 Å². The second-order valence-electron chi connectivity index (χ2n) is 11.0. The van der Waals surface area contributed by atoms with Crippen LogP contribution in [0.15, 0.2) is 78.0 Å². The molecule has 1 N–H and O–H groups in total. The summed E-state index contributed by atoms with van der Waals surface area (Å²) >= 11 is 0. The lowest BCUT2D eigenvalue weighted by atomic mass is 10.1. The molecule has 0 radical (unpaired) electrons. The first-order valence-corrected chi connectivity index (χ1v) is 15.8. The summed E-state index contributed by atoms with van der Waals surface area (Å²) in [6.07, 6.45) is 1.78. The number of imidazole rings is 1. The van der Waals surface area contributed by atoms with E-state index in [9.17, 15) is 8.42 Å². The number of aromatic nitrogens is 4. The summed E-state index contributed by atoms with van der Waals surface area (Å²) in [6, 6.07) is 21.0. The largest absolute Gasteiger partial charge is 0.454 e. The minimum atomic E-state index is -3.64. The van der Waals surface area contributed by atoms with E-state index in [1.54, 1.807) is 37.6 Å². The Kier molecular flexibility index (Phi) is 8.11. The first-order valence-electron chi connectivity index (χ1n) is 14.3. The molecule has 0 bridgehead atoms. The Balaban J connectivity index is 1.26. The van der Waals surface area contributed by atoms with Gasteiger partial charge >= 0.3 is 0 Å². The predicted octanol–water partition coefficient (Wildman–Crippen LogP) is 4.59. The molecule has 0 unspecified atom stereocenters. The fourth-order valence-corrected chi connectivity index (χ4v) is 6.15. The van der Waals surface area contributed by atoms with Crippen LogP contribution in [0.3, 0.4) is 0 Å². The Morgan fingerprint density at radius 1 is 0.886 bits per heavy atom. The third-order valence-electron chi connectivity index (χ3n) is 7.61. The molecule has 5 aromatic rings. The predicted molar refractivity (Wildman–Crippen MR) is 170 cm³/mol. The van der Waals surface area contributed by atoms with Crippen LogP contribution in [0.4, 0.5) is 11.8 Å². The fourth-order valence-electron chi connectivity index (χ4n) is 4.99. The maximum atomic E-state index is 13.2. The number of hydrogen-bond donors (Lipinski definition) is 1. The zero-order valence-electron chi connectivity index (χ0n) is 25.2. The van der Waals surface area contributed by atoms with Crippen LogP contribution in [-0.2, 0) is 23.1 Å². The molecule has 6 rings (SSSR count). The lowest BCUT2D eigenvalue weighted by Crippen LogP contribution is -2.35. The van der Waals surface area contributed by atoms with Gasteiger partial charge in [-0.2, -0.15) is 14.3 Å². The van der Waals surface area contributed by atoms with E-state index >= 15 is 0 Å². The molecule has 0 atom stereocenters. The minimum Gasteiger partial charge on any atom is -0.454 e. The summed E-state index contributed by atoms with van der Waals surface area (Å²) in [4.78, 5) is 16.5. The SMILES string of the molecule is Cc1ccc(S(=O)(=O)N(C)CCN(C)c2nc(NCc3ccc4c(c3)OCO4)c3ncn(Cc4cccc(C)c4)c3n2)cc1. The molecule has 0 saturated carbocycles. The van der Waals surface area contributed by atoms with Crippen molar-refractivity contribution in [2.45, 2.75) is 31.8 Å². The zero-order valence-corrected chi connectivity index (χ0v) is 26.0. The molecular weight excluding hydrogens is 578 g/mol. The highest BCUT2D eigenvalue weighted by molar-refractivity contribution is 7.89. The first kappa shape index (κ1) is 29.4. The molecule has 1 aliphatic rings. The summed E-state index contributed by atoms with van der Waals surface area (Å²) in [5, 5.41) is 3.44. The van der Waals surface area contributed by atoms with E-state index in [0.717, 1.165) is 22.4 Å². The third kappa shape index (κ3) is 6.17. The van der Waals surface area contributed by atoms with E-state index in [1.807, 2.05) is 47.7 Å². The van der Waals surface area contributed by atoms with Crippen LogP contribution in [0.2, 0.25) is 0 Å². The maximum Gasteiger partial charge on any atom is 0.242 e. The molecule has 44 heavy (non-hydrogen) atoms. The molecule has 3 aromatic carbocycles. The van der Waals surface area contributed by atoms with Crippen LogP contribution in [0.1, 0.15) is 22.3 Å². The molecule has 0 spiro atoms. The first-order chi connectivity index (χ1) is 21.2. The molecule has 11 nitrogen and oxygen atoms in total. The summed E-state index contributed by atoms with van der Waals surface area (Å²) < 4.78 is 40.7. The van der Waals surface area contributed by atoms with Crippen LogP contribution < -0.4 is 19.7 Å². The van der Waals surface area contributed by atoms with Crippen LogP contribution in [0, 0.1) is 13.8 Å². The van der Waals surface area contributed by atoms with Crippen molar-refractivity contribution in [3.63, 3.8) is 0 Å². The number of nitrogens with zero attached hydrogens (tertiary/aromatic N) is 6. The fraction of sp³-hybridized carbons (Fsp3) is 0.281. The van der Waals surface area contributed by atoms with Gasteiger partial charge in [0.25, 0.3) is 0 Å². The van der Waals surface area contributed by atoms with Gasteiger partial charge in [0.1, 0.15) is 0 Å². The second-order valence-corrected chi connectivity index (χ2v) is 13.1. The number of likely N-dealkylation sites (N-methyl/N-ethyl adjacent to an activating group) is 2. The Hall–Kier alpha value is -4.68. The zero-order chi connectivity index (χ0) is 30.8. The van der Waals surface area contributed by atoms with Gasteiger partial charge in [-0.3, -0.25) is 0 Å². The van der Waals surface area contributed by atoms with E-state index in [1.165, 1.54) is 9.87 Å². The van der Waals surface area contributed by atoms with Crippen molar-refractivity contribution >= 4 is 33.0 Å². The summed E-state index contributed by atoms with van der Waals surface area (Å²) in [6.45, 7) is 5.91. The van der Waals surface area contributed by atoms with Crippen molar-refractivity contribution in [3.8, 4) is 11.5 Å². The van der Waals surface area contributed by atoms with E-state index in [2.05, 4.69) is 35.4 Å². The monoisotopic (exact) mass is 613 g/mol. The van der Waals surface area contributed by atoms with Crippen LogP contribution in [-0.4, -0.2) is 66.2 Å². The van der Waals surface area contributed by atoms with E-state index < -0.39 is 10.0 Å². The van der Waals surface area contributed by atoms with Gasteiger partial charge in [0.05, 0.1) is 17.8 Å². The Morgan fingerprint density at radius 3 is 2.48 bits per heavy atom. The average molecular weight is 614 g/mol. The smallest absolute Gasteiger partial charge is 0.242 e. The lowest BCUT2D eigenvalue weighted by molar-refractivity contribution is 0.174. The number of sulfonamides is 1. The van der Waals surface area contributed by atoms with Gasteiger partial charge in [-0.25, -0.2) is 13.4 Å². The summed E-state index contributed by atoms with van der Waals surface area (Å²) in [7, 11) is -0.193. The molecule has 2 aromatic heterocycles. The maximum absolute atomic E-state index is 13.2.